The normalized spacial score (nSPS) is 10.4. The standard InChI is InChI=1S/C17H14F2N4S/c18-13-7-5-12(6-8-13)10-23-11-14(9-20-23)21-17(24)22-16-4-2-1-3-15(16)19/h1-9,11H,10H2,(H2,21,22,24). The lowest BCUT2D eigenvalue weighted by atomic mass is 10.2. The maximum atomic E-state index is 13.6. The van der Waals surface area contributed by atoms with Crippen molar-refractivity contribution in [3.05, 3.63) is 78.1 Å². The molecule has 0 bridgehead atoms. The summed E-state index contributed by atoms with van der Waals surface area (Å²) in [6.07, 6.45) is 3.37. The first-order valence-electron chi connectivity index (χ1n) is 7.19. The van der Waals surface area contributed by atoms with Crippen LogP contribution in [0.3, 0.4) is 0 Å². The Hall–Kier alpha value is -2.80. The molecule has 0 aliphatic carbocycles. The minimum absolute atomic E-state index is 0.265. The van der Waals surface area contributed by atoms with Crippen molar-refractivity contribution in [2.45, 2.75) is 6.54 Å². The topological polar surface area (TPSA) is 41.9 Å². The molecule has 3 rings (SSSR count). The number of rotatable bonds is 4. The third-order valence-corrected chi connectivity index (χ3v) is 3.48. The highest BCUT2D eigenvalue weighted by molar-refractivity contribution is 7.80. The predicted octanol–water partition coefficient (Wildman–Crippen LogP) is 4.02. The zero-order valence-electron chi connectivity index (χ0n) is 12.5. The van der Waals surface area contributed by atoms with Gasteiger partial charge in [0.25, 0.3) is 0 Å². The molecule has 0 fully saturated rings. The number of nitrogens with one attached hydrogen (secondary N) is 2. The van der Waals surface area contributed by atoms with Gasteiger partial charge in [-0.3, -0.25) is 4.68 Å². The van der Waals surface area contributed by atoms with Crippen LogP contribution in [0.25, 0.3) is 0 Å². The van der Waals surface area contributed by atoms with Gasteiger partial charge in [0.2, 0.25) is 0 Å². The van der Waals surface area contributed by atoms with Crippen molar-refractivity contribution in [1.82, 2.24) is 9.78 Å². The maximum absolute atomic E-state index is 13.6. The third-order valence-electron chi connectivity index (χ3n) is 3.27. The molecule has 24 heavy (non-hydrogen) atoms. The number of thiocarbonyl (C=S) groups is 1. The first-order valence-corrected chi connectivity index (χ1v) is 7.60. The average Bonchev–Trinajstić information content (AvgIpc) is 2.99. The van der Waals surface area contributed by atoms with Crippen LogP contribution in [-0.4, -0.2) is 14.9 Å². The summed E-state index contributed by atoms with van der Waals surface area (Å²) in [6.45, 7) is 0.509. The number of halogens is 2. The van der Waals surface area contributed by atoms with E-state index in [1.165, 1.54) is 18.2 Å². The molecule has 2 N–H and O–H groups in total. The highest BCUT2D eigenvalue weighted by Crippen LogP contribution is 2.14. The second-order valence-electron chi connectivity index (χ2n) is 5.11. The second-order valence-corrected chi connectivity index (χ2v) is 5.52. The molecule has 0 amide bonds. The van der Waals surface area contributed by atoms with Crippen LogP contribution in [0.2, 0.25) is 0 Å². The fourth-order valence-corrected chi connectivity index (χ4v) is 2.37. The molecule has 1 aromatic heterocycles. The largest absolute Gasteiger partial charge is 0.330 e. The molecule has 2 aromatic carbocycles. The lowest BCUT2D eigenvalue weighted by Crippen LogP contribution is -2.19. The minimum Gasteiger partial charge on any atom is -0.330 e. The van der Waals surface area contributed by atoms with Crippen LogP contribution in [-0.2, 0) is 6.54 Å². The summed E-state index contributed by atoms with van der Waals surface area (Å²) in [4.78, 5) is 0. The van der Waals surface area contributed by atoms with Crippen molar-refractivity contribution in [1.29, 1.82) is 0 Å². The number of aromatic nitrogens is 2. The zero-order chi connectivity index (χ0) is 16.9. The van der Waals surface area contributed by atoms with Gasteiger partial charge in [0.15, 0.2) is 5.11 Å². The average molecular weight is 344 g/mol. The van der Waals surface area contributed by atoms with Crippen molar-refractivity contribution in [2.75, 3.05) is 10.6 Å². The Morgan fingerprint density at radius 2 is 1.79 bits per heavy atom. The highest BCUT2D eigenvalue weighted by atomic mass is 32.1. The number of anilines is 2. The molecule has 1 heterocycles. The van der Waals surface area contributed by atoms with Crippen LogP contribution in [0, 0.1) is 11.6 Å². The molecular weight excluding hydrogens is 330 g/mol. The Kier molecular flexibility index (Phi) is 4.81. The molecule has 0 aliphatic rings. The Labute approximate surface area is 143 Å². The molecule has 0 aliphatic heterocycles. The van der Waals surface area contributed by atoms with Gasteiger partial charge in [-0.2, -0.15) is 5.10 Å². The van der Waals surface area contributed by atoms with Crippen molar-refractivity contribution >= 4 is 28.7 Å². The van der Waals surface area contributed by atoms with Gasteiger partial charge in [-0.15, -0.1) is 0 Å². The number of para-hydroxylation sites is 1. The summed E-state index contributed by atoms with van der Waals surface area (Å²) in [7, 11) is 0. The highest BCUT2D eigenvalue weighted by Gasteiger charge is 2.05. The van der Waals surface area contributed by atoms with Crippen molar-refractivity contribution in [3.63, 3.8) is 0 Å². The second kappa shape index (κ2) is 7.18. The predicted molar refractivity (Wildman–Crippen MR) is 94.0 cm³/mol. The Bertz CT molecular complexity index is 846. The molecule has 0 unspecified atom stereocenters. The van der Waals surface area contributed by atoms with Gasteiger partial charge in [0.05, 0.1) is 24.1 Å². The maximum Gasteiger partial charge on any atom is 0.175 e. The molecule has 0 saturated carbocycles. The van der Waals surface area contributed by atoms with Crippen LogP contribution < -0.4 is 10.6 Å². The summed E-state index contributed by atoms with van der Waals surface area (Å²) in [5.74, 6) is -0.653. The summed E-state index contributed by atoms with van der Waals surface area (Å²) in [5.41, 5.74) is 1.90. The molecule has 122 valence electrons. The third kappa shape index (κ3) is 4.14. The fraction of sp³-hybridized carbons (Fsp3) is 0.0588. The van der Waals surface area contributed by atoms with Gasteiger partial charge in [0.1, 0.15) is 11.6 Å². The first kappa shape index (κ1) is 16.1. The first-order chi connectivity index (χ1) is 11.6. The van der Waals surface area contributed by atoms with Crippen molar-refractivity contribution in [3.8, 4) is 0 Å². The molecule has 0 radical (unpaired) electrons. The molecule has 7 heteroatoms. The van der Waals surface area contributed by atoms with Gasteiger partial charge in [0, 0.05) is 6.20 Å². The lowest BCUT2D eigenvalue weighted by molar-refractivity contribution is 0.624. The SMILES string of the molecule is Fc1ccc(Cn2cc(NC(=S)Nc3ccccc3F)cn2)cc1. The van der Waals surface area contributed by atoms with Gasteiger partial charge in [-0.05, 0) is 42.0 Å². The smallest absolute Gasteiger partial charge is 0.175 e. The van der Waals surface area contributed by atoms with E-state index in [-0.39, 0.29) is 16.7 Å². The van der Waals surface area contributed by atoms with E-state index in [1.807, 2.05) is 0 Å². The van der Waals surface area contributed by atoms with Gasteiger partial charge in [-0.1, -0.05) is 24.3 Å². The van der Waals surface area contributed by atoms with Crippen LogP contribution in [0.1, 0.15) is 5.56 Å². The Balaban J connectivity index is 1.60. The molecular formula is C17H14F2N4S. The number of nitrogens with zero attached hydrogens (tertiary/aromatic N) is 2. The Morgan fingerprint density at radius 1 is 1.04 bits per heavy atom. The number of hydrogen-bond donors (Lipinski definition) is 2. The summed E-state index contributed by atoms with van der Waals surface area (Å²) in [6, 6.07) is 12.5. The van der Waals surface area contributed by atoms with E-state index in [9.17, 15) is 8.78 Å². The quantitative estimate of drug-likeness (QED) is 0.702. The lowest BCUT2D eigenvalue weighted by Gasteiger charge is -2.09. The van der Waals surface area contributed by atoms with Crippen LogP contribution >= 0.6 is 12.2 Å². The van der Waals surface area contributed by atoms with Gasteiger partial charge in [-0.25, -0.2) is 8.78 Å². The zero-order valence-corrected chi connectivity index (χ0v) is 13.4. The molecule has 0 saturated heterocycles. The van der Waals surface area contributed by atoms with Crippen molar-refractivity contribution < 1.29 is 8.78 Å². The van der Waals surface area contributed by atoms with Crippen LogP contribution in [0.5, 0.6) is 0 Å². The Morgan fingerprint density at radius 3 is 2.54 bits per heavy atom. The number of benzene rings is 2. The van der Waals surface area contributed by atoms with E-state index in [4.69, 9.17) is 12.2 Å². The van der Waals surface area contributed by atoms with Crippen LogP contribution in [0.15, 0.2) is 60.9 Å². The minimum atomic E-state index is -0.381. The van der Waals surface area contributed by atoms with E-state index in [0.29, 0.717) is 17.9 Å². The van der Waals surface area contributed by atoms with Gasteiger partial charge >= 0.3 is 0 Å². The van der Waals surface area contributed by atoms with E-state index in [0.717, 1.165) is 5.56 Å². The summed E-state index contributed by atoms with van der Waals surface area (Å²) < 4.78 is 28.2. The van der Waals surface area contributed by atoms with E-state index in [1.54, 1.807) is 47.4 Å². The number of hydrogen-bond acceptors (Lipinski definition) is 2. The van der Waals surface area contributed by atoms with Crippen LogP contribution in [0.4, 0.5) is 20.2 Å². The van der Waals surface area contributed by atoms with Gasteiger partial charge < -0.3 is 10.6 Å². The summed E-state index contributed by atoms with van der Waals surface area (Å²) in [5, 5.41) is 10.2. The molecule has 3 aromatic rings. The van der Waals surface area contributed by atoms with E-state index in [2.05, 4.69) is 15.7 Å². The molecule has 0 spiro atoms. The van der Waals surface area contributed by atoms with Crippen molar-refractivity contribution in [2.24, 2.45) is 0 Å². The van der Waals surface area contributed by atoms with E-state index >= 15 is 0 Å². The molecule has 0 atom stereocenters. The monoisotopic (exact) mass is 344 g/mol. The molecule has 4 nitrogen and oxygen atoms in total. The fourth-order valence-electron chi connectivity index (χ4n) is 2.14. The van der Waals surface area contributed by atoms with E-state index < -0.39 is 0 Å². The summed E-state index contributed by atoms with van der Waals surface area (Å²) >= 11 is 5.16.